The van der Waals surface area contributed by atoms with Crippen molar-refractivity contribution in [2.45, 2.75) is 25.1 Å². The second-order valence-electron chi connectivity index (χ2n) is 5.37. The number of alkyl halides is 3. The van der Waals surface area contributed by atoms with Crippen LogP contribution in [0.4, 0.5) is 13.2 Å². The van der Waals surface area contributed by atoms with Crippen molar-refractivity contribution in [3.05, 3.63) is 56.4 Å². The number of nitrogens with zero attached hydrogens (tertiary/aromatic N) is 2. The maximum absolute atomic E-state index is 13.6. The summed E-state index contributed by atoms with van der Waals surface area (Å²) in [6.45, 7) is 1.55. The number of thiazole rings is 1. The van der Waals surface area contributed by atoms with E-state index < -0.39 is 28.8 Å². The van der Waals surface area contributed by atoms with Gasteiger partial charge in [0.2, 0.25) is 5.60 Å². The zero-order valence-corrected chi connectivity index (χ0v) is 13.2. The van der Waals surface area contributed by atoms with E-state index in [0.717, 1.165) is 11.3 Å². The van der Waals surface area contributed by atoms with E-state index in [2.05, 4.69) is 15.2 Å². The van der Waals surface area contributed by atoms with Crippen LogP contribution >= 0.6 is 11.3 Å². The van der Waals surface area contributed by atoms with Crippen LogP contribution < -0.4 is 5.56 Å². The molecule has 2 N–H and O–H groups in total. The average molecular weight is 355 g/mol. The zero-order chi connectivity index (χ0) is 17.5. The lowest BCUT2D eigenvalue weighted by atomic mass is 9.95. The number of aliphatic hydroxyl groups is 1. The van der Waals surface area contributed by atoms with Crippen molar-refractivity contribution >= 4 is 22.1 Å². The molecular formula is C15H12F3N3O2S. The Bertz CT molecular complexity index is 951. The van der Waals surface area contributed by atoms with Crippen molar-refractivity contribution in [3.8, 4) is 0 Å². The number of aryl methyl sites for hydroxylation is 1. The predicted molar refractivity (Wildman–Crippen MR) is 82.9 cm³/mol. The minimum Gasteiger partial charge on any atom is -0.374 e. The molecule has 0 aliphatic heterocycles. The molecule has 0 spiro atoms. The van der Waals surface area contributed by atoms with Crippen LogP contribution in [0.15, 0.2) is 34.4 Å². The molecule has 1 aromatic carbocycles. The van der Waals surface area contributed by atoms with Crippen LogP contribution in [0.5, 0.6) is 0 Å². The highest BCUT2D eigenvalue weighted by atomic mass is 32.1. The molecule has 0 aliphatic rings. The van der Waals surface area contributed by atoms with Crippen molar-refractivity contribution in [1.29, 1.82) is 0 Å². The fourth-order valence-corrected chi connectivity index (χ4v) is 3.30. The van der Waals surface area contributed by atoms with E-state index in [0.29, 0.717) is 5.69 Å². The van der Waals surface area contributed by atoms with Crippen LogP contribution in [0.2, 0.25) is 0 Å². The first-order chi connectivity index (χ1) is 11.2. The largest absolute Gasteiger partial charge is 0.424 e. The minimum absolute atomic E-state index is 0.0575. The Balaban J connectivity index is 2.16. The normalized spacial score (nSPS) is 14.7. The zero-order valence-electron chi connectivity index (χ0n) is 12.4. The average Bonchev–Trinajstić information content (AvgIpc) is 2.96. The highest BCUT2D eigenvalue weighted by molar-refractivity contribution is 7.09. The first-order valence-electron chi connectivity index (χ1n) is 6.90. The molecule has 9 heteroatoms. The first-order valence-corrected chi connectivity index (χ1v) is 7.78. The number of aromatic nitrogens is 3. The fraction of sp³-hybridized carbons (Fsp3) is 0.267. The molecule has 24 heavy (non-hydrogen) atoms. The Labute approximate surface area is 137 Å². The van der Waals surface area contributed by atoms with Gasteiger partial charge >= 0.3 is 6.18 Å². The summed E-state index contributed by atoms with van der Waals surface area (Å²) in [5, 5.41) is 17.7. The number of H-pyrrole nitrogens is 1. The van der Waals surface area contributed by atoms with Crippen LogP contribution in [0.3, 0.4) is 0 Å². The van der Waals surface area contributed by atoms with Gasteiger partial charge in [-0.1, -0.05) is 18.2 Å². The third kappa shape index (κ3) is 2.69. The summed E-state index contributed by atoms with van der Waals surface area (Å²) < 4.78 is 40.7. The van der Waals surface area contributed by atoms with Crippen molar-refractivity contribution < 1.29 is 18.3 Å². The summed E-state index contributed by atoms with van der Waals surface area (Å²) in [6, 6.07) is 6.17. The first kappa shape index (κ1) is 16.6. The number of rotatable bonds is 3. The van der Waals surface area contributed by atoms with E-state index in [-0.39, 0.29) is 16.5 Å². The van der Waals surface area contributed by atoms with Crippen molar-refractivity contribution in [3.63, 3.8) is 0 Å². The van der Waals surface area contributed by atoms with Gasteiger partial charge in [-0.2, -0.15) is 18.3 Å². The summed E-state index contributed by atoms with van der Waals surface area (Å²) >= 11 is 0.730. The molecule has 126 valence electrons. The molecule has 0 aliphatic carbocycles. The topological polar surface area (TPSA) is 78.9 Å². The predicted octanol–water partition coefficient (Wildman–Crippen LogP) is 2.68. The number of aromatic amines is 1. The van der Waals surface area contributed by atoms with E-state index in [4.69, 9.17) is 0 Å². The summed E-state index contributed by atoms with van der Waals surface area (Å²) in [6.07, 6.45) is -5.79. The summed E-state index contributed by atoms with van der Waals surface area (Å²) in [5.74, 6) is 0. The molecule has 0 bridgehead atoms. The van der Waals surface area contributed by atoms with Crippen LogP contribution in [0.25, 0.3) is 10.8 Å². The third-order valence-corrected chi connectivity index (χ3v) is 4.75. The monoisotopic (exact) mass is 355 g/mol. The van der Waals surface area contributed by atoms with E-state index in [1.54, 1.807) is 19.1 Å². The van der Waals surface area contributed by atoms with Gasteiger partial charge in [-0.25, -0.2) is 10.1 Å². The van der Waals surface area contributed by atoms with Crippen LogP contribution in [-0.2, 0) is 12.0 Å². The summed E-state index contributed by atoms with van der Waals surface area (Å²) in [7, 11) is 0. The highest BCUT2D eigenvalue weighted by Gasteiger charge is 2.57. The van der Waals surface area contributed by atoms with Crippen LogP contribution in [0.1, 0.15) is 16.4 Å². The van der Waals surface area contributed by atoms with Gasteiger partial charge in [0.1, 0.15) is 5.01 Å². The second-order valence-corrected chi connectivity index (χ2v) is 6.23. The number of nitrogens with one attached hydrogen (secondary N) is 1. The van der Waals surface area contributed by atoms with Crippen LogP contribution in [0, 0.1) is 6.92 Å². The standard InChI is InChI=1S/C15H12F3N3O2S/c1-8-7-24-13(19-8)14(23,15(16,17)18)6-11-9-4-2-3-5-10(9)12(22)21-20-11/h2-5,7,23H,6H2,1H3,(H,21,22)/t14-/m1/s1. The van der Waals surface area contributed by atoms with Gasteiger partial charge in [-0.15, -0.1) is 11.3 Å². The Morgan fingerprint density at radius 2 is 1.92 bits per heavy atom. The Hall–Kier alpha value is -2.26. The second kappa shape index (κ2) is 5.67. The maximum atomic E-state index is 13.6. The number of hydrogen-bond donors (Lipinski definition) is 2. The molecule has 1 atom stereocenters. The van der Waals surface area contributed by atoms with Crippen LogP contribution in [-0.4, -0.2) is 26.5 Å². The Morgan fingerprint density at radius 1 is 1.25 bits per heavy atom. The lowest BCUT2D eigenvalue weighted by molar-refractivity contribution is -0.266. The van der Waals surface area contributed by atoms with E-state index >= 15 is 0 Å². The lowest BCUT2D eigenvalue weighted by Crippen LogP contribution is -2.44. The fourth-order valence-electron chi connectivity index (χ4n) is 2.39. The van der Waals surface area contributed by atoms with E-state index in [1.807, 2.05) is 0 Å². The molecule has 0 radical (unpaired) electrons. The molecule has 0 saturated heterocycles. The van der Waals surface area contributed by atoms with Gasteiger partial charge in [0.25, 0.3) is 5.56 Å². The number of benzene rings is 1. The molecule has 2 aromatic heterocycles. The summed E-state index contributed by atoms with van der Waals surface area (Å²) in [4.78, 5) is 15.5. The summed E-state index contributed by atoms with van der Waals surface area (Å²) in [5.41, 5.74) is -3.36. The number of halogens is 3. The maximum Gasteiger partial charge on any atom is 0.424 e. The van der Waals surface area contributed by atoms with Crippen molar-refractivity contribution in [1.82, 2.24) is 15.2 Å². The Kier molecular flexibility index (Phi) is 3.92. The van der Waals surface area contributed by atoms with Gasteiger partial charge in [0.05, 0.1) is 11.1 Å². The number of fused-ring (bicyclic) bond motifs is 1. The van der Waals surface area contributed by atoms with Crippen molar-refractivity contribution in [2.75, 3.05) is 0 Å². The highest BCUT2D eigenvalue weighted by Crippen LogP contribution is 2.42. The SMILES string of the molecule is Cc1csc([C@](O)(Cc2n[nH]c(=O)c3ccccc23)C(F)(F)F)n1. The molecule has 0 saturated carbocycles. The van der Waals surface area contributed by atoms with E-state index in [9.17, 15) is 23.1 Å². The molecule has 5 nitrogen and oxygen atoms in total. The number of hydrogen-bond acceptors (Lipinski definition) is 5. The third-order valence-electron chi connectivity index (χ3n) is 3.64. The molecule has 0 fully saturated rings. The van der Waals surface area contributed by atoms with Gasteiger partial charge in [0.15, 0.2) is 0 Å². The smallest absolute Gasteiger partial charge is 0.374 e. The van der Waals surface area contributed by atoms with Gasteiger partial charge in [-0.05, 0) is 13.0 Å². The Morgan fingerprint density at radius 3 is 2.50 bits per heavy atom. The molecular weight excluding hydrogens is 343 g/mol. The van der Waals surface area contributed by atoms with Crippen molar-refractivity contribution in [2.24, 2.45) is 0 Å². The molecule has 0 amide bonds. The van der Waals surface area contributed by atoms with Gasteiger partial charge < -0.3 is 5.11 Å². The quantitative estimate of drug-likeness (QED) is 0.757. The molecule has 3 aromatic rings. The van der Waals surface area contributed by atoms with Gasteiger partial charge in [-0.3, -0.25) is 4.79 Å². The molecule has 3 rings (SSSR count). The van der Waals surface area contributed by atoms with Gasteiger partial charge in [0, 0.05) is 22.9 Å². The lowest BCUT2D eigenvalue weighted by Gasteiger charge is -2.28. The minimum atomic E-state index is -4.95. The molecule has 0 unspecified atom stereocenters. The van der Waals surface area contributed by atoms with E-state index in [1.165, 1.54) is 17.5 Å². The molecule has 2 heterocycles.